The Bertz CT molecular complexity index is 218. The fourth-order valence-corrected chi connectivity index (χ4v) is 1.88. The Morgan fingerprint density at radius 1 is 1.27 bits per heavy atom. The number of nitrogens with one attached hydrogen (secondary N) is 1. The van der Waals surface area contributed by atoms with Crippen molar-refractivity contribution in [3.8, 4) is 0 Å². The Morgan fingerprint density at radius 2 is 1.93 bits per heavy atom. The predicted octanol–water partition coefficient (Wildman–Crippen LogP) is -0.138. The van der Waals surface area contributed by atoms with Gasteiger partial charge in [-0.05, 0) is 26.6 Å². The molecule has 88 valence electrons. The molecule has 1 fully saturated rings. The van der Waals surface area contributed by atoms with Crippen LogP contribution in [0.1, 0.15) is 6.92 Å². The van der Waals surface area contributed by atoms with E-state index < -0.39 is 0 Å². The molecule has 0 aliphatic carbocycles. The Labute approximate surface area is 92.6 Å². The van der Waals surface area contributed by atoms with Gasteiger partial charge in [0.1, 0.15) is 0 Å². The molecule has 0 aromatic heterocycles. The molecule has 0 aromatic rings. The third kappa shape index (κ3) is 3.47. The van der Waals surface area contributed by atoms with Crippen LogP contribution in [-0.2, 0) is 4.79 Å². The lowest BCUT2D eigenvalue weighted by atomic mass is 9.97. The quantitative estimate of drug-likeness (QED) is 0.706. The molecule has 1 N–H and O–H groups in total. The monoisotopic (exact) mass is 213 g/mol. The fourth-order valence-electron chi connectivity index (χ4n) is 1.88. The Morgan fingerprint density at radius 3 is 2.40 bits per heavy atom. The Hall–Kier alpha value is -0.610. The van der Waals surface area contributed by atoms with Gasteiger partial charge in [0.2, 0.25) is 5.91 Å². The third-order valence-electron chi connectivity index (χ3n) is 3.09. The number of rotatable bonds is 4. The average molecular weight is 213 g/mol. The Balaban J connectivity index is 2.38. The summed E-state index contributed by atoms with van der Waals surface area (Å²) >= 11 is 0. The van der Waals surface area contributed by atoms with E-state index in [9.17, 15) is 4.79 Å². The summed E-state index contributed by atoms with van der Waals surface area (Å²) in [4.78, 5) is 16.0. The van der Waals surface area contributed by atoms with Crippen LogP contribution in [0.2, 0.25) is 0 Å². The van der Waals surface area contributed by atoms with E-state index in [-0.39, 0.29) is 11.8 Å². The van der Waals surface area contributed by atoms with Gasteiger partial charge in [-0.15, -0.1) is 0 Å². The van der Waals surface area contributed by atoms with Crippen LogP contribution >= 0.6 is 0 Å². The molecule has 4 nitrogen and oxygen atoms in total. The zero-order valence-electron chi connectivity index (χ0n) is 10.3. The van der Waals surface area contributed by atoms with Gasteiger partial charge >= 0.3 is 0 Å². The number of carbonyl (C=O) groups excluding carboxylic acids is 1. The van der Waals surface area contributed by atoms with Gasteiger partial charge in [-0.25, -0.2) is 0 Å². The molecule has 0 spiro atoms. The largest absolute Gasteiger partial charge is 0.344 e. The highest BCUT2D eigenvalue weighted by molar-refractivity contribution is 5.79. The molecule has 4 heteroatoms. The van der Waals surface area contributed by atoms with Crippen LogP contribution in [0.25, 0.3) is 0 Å². The fraction of sp³-hybridized carbons (Fsp3) is 0.909. The van der Waals surface area contributed by atoms with E-state index in [4.69, 9.17) is 0 Å². The third-order valence-corrected chi connectivity index (χ3v) is 3.09. The van der Waals surface area contributed by atoms with Gasteiger partial charge < -0.3 is 15.1 Å². The molecule has 1 aliphatic rings. The molecule has 0 saturated carbocycles. The average Bonchev–Trinajstić information content (AvgIpc) is 2.59. The van der Waals surface area contributed by atoms with Gasteiger partial charge in [0, 0.05) is 26.7 Å². The van der Waals surface area contributed by atoms with Crippen LogP contribution in [0.15, 0.2) is 0 Å². The lowest BCUT2D eigenvalue weighted by Crippen LogP contribution is -2.39. The second-order valence-corrected chi connectivity index (χ2v) is 4.81. The minimum absolute atomic E-state index is 0.178. The molecule has 2 atom stereocenters. The van der Waals surface area contributed by atoms with E-state index in [0.717, 1.165) is 26.2 Å². The topological polar surface area (TPSA) is 35.6 Å². The van der Waals surface area contributed by atoms with Crippen molar-refractivity contribution in [1.29, 1.82) is 0 Å². The number of hydrogen-bond acceptors (Lipinski definition) is 3. The van der Waals surface area contributed by atoms with Gasteiger partial charge in [0.25, 0.3) is 0 Å². The zero-order valence-corrected chi connectivity index (χ0v) is 10.3. The molecule has 0 radical (unpaired) electrons. The standard InChI is InChI=1S/C11H23N3O/c1-9-7-12-8-10(9)11(15)14(4)6-5-13(2)3/h9-10,12H,5-8H2,1-4H3. The molecule has 1 saturated heterocycles. The van der Waals surface area contributed by atoms with Crippen molar-refractivity contribution < 1.29 is 4.79 Å². The summed E-state index contributed by atoms with van der Waals surface area (Å²) in [6, 6.07) is 0. The molecule has 15 heavy (non-hydrogen) atoms. The summed E-state index contributed by atoms with van der Waals surface area (Å²) in [5, 5.41) is 3.26. The van der Waals surface area contributed by atoms with Crippen molar-refractivity contribution >= 4 is 5.91 Å². The molecule has 0 bridgehead atoms. The summed E-state index contributed by atoms with van der Waals surface area (Å²) < 4.78 is 0. The first-order valence-corrected chi connectivity index (χ1v) is 5.62. The first-order chi connectivity index (χ1) is 7.02. The van der Waals surface area contributed by atoms with Crippen LogP contribution in [0, 0.1) is 11.8 Å². The number of likely N-dealkylation sites (N-methyl/N-ethyl adjacent to an activating group) is 2. The maximum Gasteiger partial charge on any atom is 0.227 e. The van der Waals surface area contributed by atoms with E-state index in [1.54, 1.807) is 0 Å². The SMILES string of the molecule is CC1CNCC1C(=O)N(C)CCN(C)C. The maximum absolute atomic E-state index is 12.0. The first kappa shape index (κ1) is 12.5. The van der Waals surface area contributed by atoms with Crippen molar-refractivity contribution in [1.82, 2.24) is 15.1 Å². The molecular formula is C11H23N3O. The van der Waals surface area contributed by atoms with Gasteiger partial charge in [0.05, 0.1) is 5.92 Å². The van der Waals surface area contributed by atoms with E-state index in [1.807, 2.05) is 26.0 Å². The molecule has 1 aliphatic heterocycles. The second kappa shape index (κ2) is 5.47. The van der Waals surface area contributed by atoms with E-state index in [0.29, 0.717) is 5.92 Å². The maximum atomic E-state index is 12.0. The van der Waals surface area contributed by atoms with Crippen LogP contribution in [0.5, 0.6) is 0 Å². The summed E-state index contributed by atoms with van der Waals surface area (Å²) in [7, 11) is 5.95. The van der Waals surface area contributed by atoms with E-state index >= 15 is 0 Å². The highest BCUT2D eigenvalue weighted by Gasteiger charge is 2.31. The van der Waals surface area contributed by atoms with Gasteiger partial charge in [-0.1, -0.05) is 6.92 Å². The van der Waals surface area contributed by atoms with E-state index in [2.05, 4.69) is 17.1 Å². The molecule has 1 amide bonds. The summed E-state index contributed by atoms with van der Waals surface area (Å²) in [6.07, 6.45) is 0. The van der Waals surface area contributed by atoms with Crippen molar-refractivity contribution in [3.05, 3.63) is 0 Å². The summed E-state index contributed by atoms with van der Waals surface area (Å²) in [6.45, 7) is 5.69. The second-order valence-electron chi connectivity index (χ2n) is 4.81. The van der Waals surface area contributed by atoms with Crippen LogP contribution < -0.4 is 5.32 Å². The van der Waals surface area contributed by atoms with Gasteiger partial charge in [0.15, 0.2) is 0 Å². The molecule has 1 heterocycles. The lowest BCUT2D eigenvalue weighted by Gasteiger charge is -2.24. The summed E-state index contributed by atoms with van der Waals surface area (Å²) in [5.41, 5.74) is 0. The van der Waals surface area contributed by atoms with Crippen molar-refractivity contribution in [2.24, 2.45) is 11.8 Å². The number of nitrogens with zero attached hydrogens (tertiary/aromatic N) is 2. The molecular weight excluding hydrogens is 190 g/mol. The molecule has 0 aromatic carbocycles. The highest BCUT2D eigenvalue weighted by atomic mass is 16.2. The lowest BCUT2D eigenvalue weighted by molar-refractivity contribution is -0.134. The smallest absolute Gasteiger partial charge is 0.227 e. The zero-order chi connectivity index (χ0) is 11.4. The highest BCUT2D eigenvalue weighted by Crippen LogP contribution is 2.17. The minimum atomic E-state index is 0.178. The van der Waals surface area contributed by atoms with Gasteiger partial charge in [-0.3, -0.25) is 4.79 Å². The normalized spacial score (nSPS) is 25.9. The van der Waals surface area contributed by atoms with Crippen molar-refractivity contribution in [3.63, 3.8) is 0 Å². The van der Waals surface area contributed by atoms with Crippen LogP contribution in [0.3, 0.4) is 0 Å². The predicted molar refractivity (Wildman–Crippen MR) is 61.7 cm³/mol. The number of amides is 1. The van der Waals surface area contributed by atoms with E-state index in [1.165, 1.54) is 0 Å². The van der Waals surface area contributed by atoms with Crippen molar-refractivity contribution in [2.45, 2.75) is 6.92 Å². The summed E-state index contributed by atoms with van der Waals surface area (Å²) in [5.74, 6) is 0.936. The van der Waals surface area contributed by atoms with Crippen molar-refractivity contribution in [2.75, 3.05) is 47.3 Å². The van der Waals surface area contributed by atoms with Gasteiger partial charge in [-0.2, -0.15) is 0 Å². The molecule has 2 unspecified atom stereocenters. The number of carbonyl (C=O) groups is 1. The first-order valence-electron chi connectivity index (χ1n) is 5.62. The minimum Gasteiger partial charge on any atom is -0.344 e. The van der Waals surface area contributed by atoms with Crippen LogP contribution in [0.4, 0.5) is 0 Å². The van der Waals surface area contributed by atoms with Crippen LogP contribution in [-0.4, -0.2) is 63.0 Å². The molecule has 1 rings (SSSR count). The Kier molecular flexibility index (Phi) is 4.54. The number of hydrogen-bond donors (Lipinski definition) is 1.